The third-order valence-corrected chi connectivity index (χ3v) is 5.17. The first kappa shape index (κ1) is 16.3. The maximum atomic E-state index is 12.3. The summed E-state index contributed by atoms with van der Waals surface area (Å²) in [5.41, 5.74) is 2.83. The Labute approximate surface area is 154 Å². The highest BCUT2D eigenvalue weighted by molar-refractivity contribution is 9.10. The van der Waals surface area contributed by atoms with Gasteiger partial charge in [-0.3, -0.25) is 9.20 Å². The Hall–Kier alpha value is -2.18. The van der Waals surface area contributed by atoms with Crippen molar-refractivity contribution < 1.29 is 4.90 Å². The number of nitrogens with one attached hydrogen (secondary N) is 1. The normalized spacial score (nSPS) is 15.6. The summed E-state index contributed by atoms with van der Waals surface area (Å²) in [5, 5.41) is 0. The van der Waals surface area contributed by atoms with Crippen molar-refractivity contribution >= 4 is 27.3 Å². The standard InChI is InChI=1S/C19H19BrN4O/c20-15-6-7-18-21-16(12-19(25)24(18)13-15)14-22-8-10-23(11-9-22)17-4-2-1-3-5-17/h1-7,12-13H,8-11,14H2/p+1. The molecule has 0 aliphatic carbocycles. The van der Waals surface area contributed by atoms with E-state index >= 15 is 0 Å². The Morgan fingerprint density at radius 3 is 2.60 bits per heavy atom. The van der Waals surface area contributed by atoms with Crippen molar-refractivity contribution in [3.05, 3.63) is 75.2 Å². The van der Waals surface area contributed by atoms with Gasteiger partial charge in [0.05, 0.1) is 26.2 Å². The Bertz CT molecular complexity index is 933. The van der Waals surface area contributed by atoms with Crippen LogP contribution in [-0.2, 0) is 6.54 Å². The minimum absolute atomic E-state index is 0.0244. The van der Waals surface area contributed by atoms with Crippen LogP contribution in [0.4, 0.5) is 5.69 Å². The molecule has 0 unspecified atom stereocenters. The summed E-state index contributed by atoms with van der Waals surface area (Å²) in [4.78, 5) is 20.9. The van der Waals surface area contributed by atoms with Crippen molar-refractivity contribution in [3.8, 4) is 0 Å². The fourth-order valence-corrected chi connectivity index (χ4v) is 3.71. The van der Waals surface area contributed by atoms with Gasteiger partial charge < -0.3 is 9.80 Å². The molecule has 0 atom stereocenters. The van der Waals surface area contributed by atoms with Crippen LogP contribution in [0.15, 0.2) is 64.0 Å². The first-order chi connectivity index (χ1) is 12.2. The summed E-state index contributed by atoms with van der Waals surface area (Å²) in [5.74, 6) is 0. The Morgan fingerprint density at radius 2 is 1.84 bits per heavy atom. The largest absolute Gasteiger partial charge is 0.360 e. The molecular formula is C19H20BrN4O+. The van der Waals surface area contributed by atoms with Crippen LogP contribution in [-0.4, -0.2) is 35.6 Å². The number of aromatic nitrogens is 2. The van der Waals surface area contributed by atoms with Crippen molar-refractivity contribution in [1.82, 2.24) is 9.38 Å². The molecule has 1 aromatic carbocycles. The van der Waals surface area contributed by atoms with Crippen LogP contribution in [0, 0.1) is 0 Å². The molecule has 5 nitrogen and oxygen atoms in total. The number of pyridine rings is 1. The highest BCUT2D eigenvalue weighted by Gasteiger charge is 2.21. The van der Waals surface area contributed by atoms with Gasteiger partial charge in [-0.2, -0.15) is 0 Å². The maximum Gasteiger partial charge on any atom is 0.258 e. The second-order valence-electron chi connectivity index (χ2n) is 6.41. The van der Waals surface area contributed by atoms with Gasteiger partial charge in [0.1, 0.15) is 17.9 Å². The van der Waals surface area contributed by atoms with Crippen LogP contribution in [0.5, 0.6) is 0 Å². The first-order valence-corrected chi connectivity index (χ1v) is 9.30. The number of anilines is 1. The number of quaternary nitrogens is 1. The monoisotopic (exact) mass is 399 g/mol. The van der Waals surface area contributed by atoms with Crippen molar-refractivity contribution in [2.24, 2.45) is 0 Å². The van der Waals surface area contributed by atoms with E-state index in [9.17, 15) is 4.79 Å². The maximum absolute atomic E-state index is 12.3. The number of piperazine rings is 1. The quantitative estimate of drug-likeness (QED) is 0.722. The number of para-hydroxylation sites is 1. The Balaban J connectivity index is 1.46. The molecule has 1 N–H and O–H groups in total. The summed E-state index contributed by atoms with van der Waals surface area (Å²) in [6.45, 7) is 4.95. The predicted octanol–water partition coefficient (Wildman–Crippen LogP) is 1.36. The first-order valence-electron chi connectivity index (χ1n) is 8.50. The van der Waals surface area contributed by atoms with Crippen molar-refractivity contribution in [2.45, 2.75) is 6.54 Å². The molecule has 128 valence electrons. The highest BCUT2D eigenvalue weighted by atomic mass is 79.9. The topological polar surface area (TPSA) is 42.0 Å². The molecule has 0 amide bonds. The second kappa shape index (κ2) is 6.98. The zero-order chi connectivity index (χ0) is 17.2. The van der Waals surface area contributed by atoms with E-state index in [1.165, 1.54) is 10.6 Å². The van der Waals surface area contributed by atoms with E-state index in [1.807, 2.05) is 18.2 Å². The molecule has 1 aliphatic rings. The Kier molecular flexibility index (Phi) is 4.55. The lowest BCUT2D eigenvalue weighted by atomic mass is 10.2. The number of halogens is 1. The van der Waals surface area contributed by atoms with Gasteiger partial charge >= 0.3 is 0 Å². The Morgan fingerprint density at radius 1 is 1.08 bits per heavy atom. The summed E-state index contributed by atoms with van der Waals surface area (Å²) in [6.07, 6.45) is 1.76. The SMILES string of the molecule is O=c1cc(C[NH+]2CCN(c3ccccc3)CC2)nc2ccc(Br)cn12. The average molecular weight is 400 g/mol. The molecule has 1 fully saturated rings. The number of benzene rings is 1. The van der Waals surface area contributed by atoms with E-state index in [-0.39, 0.29) is 5.56 Å². The summed E-state index contributed by atoms with van der Waals surface area (Å²) >= 11 is 3.39. The van der Waals surface area contributed by atoms with Crippen LogP contribution in [0.1, 0.15) is 5.69 Å². The summed E-state index contributed by atoms with van der Waals surface area (Å²) in [7, 11) is 0. The lowest BCUT2D eigenvalue weighted by Gasteiger charge is -2.33. The lowest BCUT2D eigenvalue weighted by Crippen LogP contribution is -3.13. The van der Waals surface area contributed by atoms with E-state index < -0.39 is 0 Å². The number of hydrogen-bond acceptors (Lipinski definition) is 3. The van der Waals surface area contributed by atoms with E-state index in [4.69, 9.17) is 0 Å². The number of nitrogens with zero attached hydrogens (tertiary/aromatic N) is 3. The van der Waals surface area contributed by atoms with Crippen molar-refractivity contribution in [1.29, 1.82) is 0 Å². The minimum Gasteiger partial charge on any atom is -0.360 e. The second-order valence-corrected chi connectivity index (χ2v) is 7.33. The molecule has 4 rings (SSSR count). The zero-order valence-electron chi connectivity index (χ0n) is 13.9. The third kappa shape index (κ3) is 3.60. The molecule has 0 bridgehead atoms. The average Bonchev–Trinajstić information content (AvgIpc) is 2.64. The third-order valence-electron chi connectivity index (χ3n) is 4.70. The smallest absolute Gasteiger partial charge is 0.258 e. The molecule has 0 spiro atoms. The summed E-state index contributed by atoms with van der Waals surface area (Å²) in [6, 6.07) is 16.0. The molecule has 1 aliphatic heterocycles. The van der Waals surface area contributed by atoms with Crippen LogP contribution < -0.4 is 15.4 Å². The number of hydrogen-bond donors (Lipinski definition) is 1. The van der Waals surface area contributed by atoms with Crippen LogP contribution >= 0.6 is 15.9 Å². The van der Waals surface area contributed by atoms with E-state index in [0.717, 1.165) is 42.9 Å². The van der Waals surface area contributed by atoms with Gasteiger partial charge in [-0.1, -0.05) is 18.2 Å². The van der Waals surface area contributed by atoms with Crippen LogP contribution in [0.25, 0.3) is 5.65 Å². The minimum atomic E-state index is -0.0244. The van der Waals surface area contributed by atoms with Crippen LogP contribution in [0.3, 0.4) is 0 Å². The van der Waals surface area contributed by atoms with Crippen LogP contribution in [0.2, 0.25) is 0 Å². The lowest BCUT2D eigenvalue weighted by molar-refractivity contribution is -0.914. The van der Waals surface area contributed by atoms with E-state index in [0.29, 0.717) is 5.65 Å². The molecule has 6 heteroatoms. The van der Waals surface area contributed by atoms with Gasteiger partial charge in [-0.15, -0.1) is 0 Å². The van der Waals surface area contributed by atoms with Crippen molar-refractivity contribution in [2.75, 3.05) is 31.1 Å². The highest BCUT2D eigenvalue weighted by Crippen LogP contribution is 2.12. The van der Waals surface area contributed by atoms with Gasteiger partial charge in [0.2, 0.25) is 0 Å². The zero-order valence-corrected chi connectivity index (χ0v) is 15.4. The number of rotatable bonds is 3. The van der Waals surface area contributed by atoms with Gasteiger partial charge in [0.15, 0.2) is 0 Å². The molecule has 3 heterocycles. The number of fused-ring (bicyclic) bond motifs is 1. The molecule has 0 saturated carbocycles. The molecule has 25 heavy (non-hydrogen) atoms. The molecule has 1 saturated heterocycles. The fraction of sp³-hybridized carbons (Fsp3) is 0.263. The summed E-state index contributed by atoms with van der Waals surface area (Å²) < 4.78 is 2.45. The molecule has 2 aromatic heterocycles. The van der Waals surface area contributed by atoms with E-state index in [1.54, 1.807) is 16.7 Å². The van der Waals surface area contributed by atoms with Crippen molar-refractivity contribution in [3.63, 3.8) is 0 Å². The van der Waals surface area contributed by atoms with Gasteiger partial charge in [0.25, 0.3) is 5.56 Å². The van der Waals surface area contributed by atoms with Gasteiger partial charge in [0, 0.05) is 22.4 Å². The fourth-order valence-electron chi connectivity index (χ4n) is 3.37. The van der Waals surface area contributed by atoms with E-state index in [2.05, 4.69) is 50.1 Å². The molecular weight excluding hydrogens is 380 g/mol. The van der Waals surface area contributed by atoms with Gasteiger partial charge in [-0.25, -0.2) is 4.98 Å². The molecule has 0 radical (unpaired) electrons. The van der Waals surface area contributed by atoms with Gasteiger partial charge in [-0.05, 0) is 40.2 Å². The predicted molar refractivity (Wildman–Crippen MR) is 102 cm³/mol. The molecule has 3 aromatic rings.